The molecule has 0 aliphatic heterocycles. The molecular weight excluding hydrogens is 334 g/mol. The maximum absolute atomic E-state index is 12.4. The average Bonchev–Trinajstić information content (AvgIpc) is 3.23. The van der Waals surface area contributed by atoms with Gasteiger partial charge in [0.15, 0.2) is 0 Å². The van der Waals surface area contributed by atoms with E-state index in [1.807, 2.05) is 54.6 Å². The summed E-state index contributed by atoms with van der Waals surface area (Å²) >= 11 is 1.44. The van der Waals surface area contributed by atoms with E-state index in [1.165, 1.54) is 11.3 Å². The van der Waals surface area contributed by atoms with Crippen LogP contribution in [0.15, 0.2) is 65.1 Å². The van der Waals surface area contributed by atoms with Crippen LogP contribution in [0.1, 0.15) is 22.4 Å². The van der Waals surface area contributed by atoms with E-state index >= 15 is 0 Å². The smallest absolute Gasteiger partial charge is 0.261 e. The fourth-order valence-electron chi connectivity index (χ4n) is 2.77. The summed E-state index contributed by atoms with van der Waals surface area (Å²) in [5.41, 5.74) is -0.570. The second-order valence-corrected chi connectivity index (χ2v) is 7.34. The number of furan rings is 1. The zero-order valence-corrected chi connectivity index (χ0v) is 14.5. The average molecular weight is 351 g/mol. The first kappa shape index (κ1) is 15.9. The lowest BCUT2D eigenvalue weighted by Gasteiger charge is -2.20. The topological polar surface area (TPSA) is 62.5 Å². The molecule has 1 atom stereocenters. The van der Waals surface area contributed by atoms with E-state index in [2.05, 4.69) is 5.32 Å². The number of amides is 1. The van der Waals surface area contributed by atoms with Crippen molar-refractivity contribution in [2.24, 2.45) is 0 Å². The van der Waals surface area contributed by atoms with Crippen molar-refractivity contribution in [1.29, 1.82) is 0 Å². The summed E-state index contributed by atoms with van der Waals surface area (Å²) in [5, 5.41) is 15.5. The van der Waals surface area contributed by atoms with E-state index in [9.17, 15) is 9.90 Å². The Hall–Kier alpha value is -2.63. The van der Waals surface area contributed by atoms with Crippen molar-refractivity contribution in [3.8, 4) is 0 Å². The SMILES string of the molecule is CC(O)(CNC(=O)c1cc2ccccc2s1)c1cc2ccccc2o1. The van der Waals surface area contributed by atoms with Crippen molar-refractivity contribution in [3.63, 3.8) is 0 Å². The second kappa shape index (κ2) is 6.02. The summed E-state index contributed by atoms with van der Waals surface area (Å²) in [6.45, 7) is 1.70. The van der Waals surface area contributed by atoms with Crippen LogP contribution in [0.25, 0.3) is 21.1 Å². The predicted octanol–water partition coefficient (Wildman–Crippen LogP) is 4.29. The largest absolute Gasteiger partial charge is 0.458 e. The van der Waals surface area contributed by atoms with Crippen molar-refractivity contribution < 1.29 is 14.3 Å². The Morgan fingerprint density at radius 2 is 1.84 bits per heavy atom. The van der Waals surface area contributed by atoms with Gasteiger partial charge in [-0.05, 0) is 36.6 Å². The number of benzene rings is 2. The molecular formula is C20H17NO3S. The summed E-state index contributed by atoms with van der Waals surface area (Å²) in [6, 6.07) is 19.1. The molecule has 2 heterocycles. The Morgan fingerprint density at radius 1 is 1.12 bits per heavy atom. The number of thiophene rings is 1. The molecule has 0 radical (unpaired) electrons. The van der Waals surface area contributed by atoms with Crippen LogP contribution in [0.2, 0.25) is 0 Å². The number of para-hydroxylation sites is 1. The van der Waals surface area contributed by atoms with Gasteiger partial charge in [0.25, 0.3) is 5.91 Å². The molecule has 5 heteroatoms. The molecule has 1 unspecified atom stereocenters. The van der Waals surface area contributed by atoms with Crippen LogP contribution in [0.4, 0.5) is 0 Å². The number of hydrogen-bond acceptors (Lipinski definition) is 4. The van der Waals surface area contributed by atoms with E-state index in [0.29, 0.717) is 16.2 Å². The lowest BCUT2D eigenvalue weighted by atomic mass is 10.0. The Balaban J connectivity index is 1.51. The summed E-state index contributed by atoms with van der Waals surface area (Å²) in [4.78, 5) is 13.0. The zero-order valence-electron chi connectivity index (χ0n) is 13.7. The van der Waals surface area contributed by atoms with Crippen LogP contribution in [-0.4, -0.2) is 17.6 Å². The van der Waals surface area contributed by atoms with Gasteiger partial charge in [-0.3, -0.25) is 4.79 Å². The zero-order chi connectivity index (χ0) is 17.4. The van der Waals surface area contributed by atoms with Gasteiger partial charge in [0.2, 0.25) is 0 Å². The minimum atomic E-state index is -1.29. The van der Waals surface area contributed by atoms with Gasteiger partial charge in [0.05, 0.1) is 11.4 Å². The molecule has 2 aromatic carbocycles. The van der Waals surface area contributed by atoms with Gasteiger partial charge >= 0.3 is 0 Å². The molecule has 0 aliphatic carbocycles. The number of rotatable bonds is 4. The van der Waals surface area contributed by atoms with Gasteiger partial charge in [-0.15, -0.1) is 11.3 Å². The molecule has 1 amide bonds. The number of carbonyl (C=O) groups excluding carboxylic acids is 1. The van der Waals surface area contributed by atoms with Crippen molar-refractivity contribution in [2.75, 3.05) is 6.54 Å². The van der Waals surface area contributed by atoms with Gasteiger partial charge in [0, 0.05) is 10.1 Å². The minimum absolute atomic E-state index is 0.0693. The molecule has 2 N–H and O–H groups in total. The fraction of sp³-hybridized carbons (Fsp3) is 0.150. The Kier molecular flexibility index (Phi) is 3.82. The predicted molar refractivity (Wildman–Crippen MR) is 99.9 cm³/mol. The Labute approximate surface area is 148 Å². The first-order valence-electron chi connectivity index (χ1n) is 8.01. The van der Waals surface area contributed by atoms with Crippen LogP contribution >= 0.6 is 11.3 Å². The highest BCUT2D eigenvalue weighted by atomic mass is 32.1. The highest BCUT2D eigenvalue weighted by Gasteiger charge is 2.28. The molecule has 0 aliphatic rings. The standard InChI is InChI=1S/C20H17NO3S/c1-20(23,18-11-13-6-2-4-8-15(13)24-18)12-21-19(22)17-10-14-7-3-5-9-16(14)25-17/h2-11,23H,12H2,1H3,(H,21,22). The first-order valence-corrected chi connectivity index (χ1v) is 8.83. The maximum atomic E-state index is 12.4. The fourth-order valence-corrected chi connectivity index (χ4v) is 3.75. The van der Waals surface area contributed by atoms with Gasteiger partial charge in [-0.25, -0.2) is 0 Å². The van der Waals surface area contributed by atoms with Crippen LogP contribution in [0, 0.1) is 0 Å². The van der Waals surface area contributed by atoms with E-state index in [1.54, 1.807) is 13.0 Å². The third-order valence-corrected chi connectivity index (χ3v) is 5.31. The lowest BCUT2D eigenvalue weighted by Crippen LogP contribution is -2.38. The highest BCUT2D eigenvalue weighted by Crippen LogP contribution is 2.28. The van der Waals surface area contributed by atoms with Crippen molar-refractivity contribution >= 4 is 38.3 Å². The molecule has 2 aromatic heterocycles. The van der Waals surface area contributed by atoms with Crippen LogP contribution in [-0.2, 0) is 5.60 Å². The van der Waals surface area contributed by atoms with E-state index in [0.717, 1.165) is 15.5 Å². The third kappa shape index (κ3) is 3.04. The van der Waals surface area contributed by atoms with Gasteiger partial charge in [-0.1, -0.05) is 36.4 Å². The first-order chi connectivity index (χ1) is 12.0. The normalized spacial score (nSPS) is 13.8. The molecule has 4 aromatic rings. The Morgan fingerprint density at radius 3 is 2.60 bits per heavy atom. The number of fused-ring (bicyclic) bond motifs is 2. The number of nitrogens with one attached hydrogen (secondary N) is 1. The maximum Gasteiger partial charge on any atom is 0.261 e. The monoisotopic (exact) mass is 351 g/mol. The minimum Gasteiger partial charge on any atom is -0.458 e. The molecule has 4 nitrogen and oxygen atoms in total. The van der Waals surface area contributed by atoms with Crippen molar-refractivity contribution in [2.45, 2.75) is 12.5 Å². The van der Waals surface area contributed by atoms with Gasteiger partial charge in [-0.2, -0.15) is 0 Å². The van der Waals surface area contributed by atoms with Gasteiger partial charge in [0.1, 0.15) is 16.9 Å². The lowest BCUT2D eigenvalue weighted by molar-refractivity contribution is 0.0345. The summed E-state index contributed by atoms with van der Waals surface area (Å²) < 4.78 is 6.79. The number of carbonyl (C=O) groups is 1. The highest BCUT2D eigenvalue weighted by molar-refractivity contribution is 7.20. The van der Waals surface area contributed by atoms with E-state index in [4.69, 9.17) is 4.42 Å². The summed E-state index contributed by atoms with van der Waals surface area (Å²) in [6.07, 6.45) is 0. The molecule has 126 valence electrons. The molecule has 0 saturated carbocycles. The molecule has 0 saturated heterocycles. The van der Waals surface area contributed by atoms with Crippen LogP contribution in [0.3, 0.4) is 0 Å². The Bertz CT molecular complexity index is 995. The molecule has 0 spiro atoms. The third-order valence-electron chi connectivity index (χ3n) is 4.20. The molecule has 4 rings (SSSR count). The molecule has 25 heavy (non-hydrogen) atoms. The van der Waals surface area contributed by atoms with Crippen molar-refractivity contribution in [1.82, 2.24) is 5.32 Å². The quantitative estimate of drug-likeness (QED) is 0.577. The number of hydrogen-bond donors (Lipinski definition) is 2. The van der Waals surface area contributed by atoms with E-state index < -0.39 is 5.60 Å². The molecule has 0 fully saturated rings. The van der Waals surface area contributed by atoms with Crippen LogP contribution in [0.5, 0.6) is 0 Å². The molecule has 0 bridgehead atoms. The van der Waals surface area contributed by atoms with Gasteiger partial charge < -0.3 is 14.8 Å². The van der Waals surface area contributed by atoms with Crippen molar-refractivity contribution in [3.05, 3.63) is 71.3 Å². The van der Waals surface area contributed by atoms with Crippen LogP contribution < -0.4 is 5.32 Å². The summed E-state index contributed by atoms with van der Waals surface area (Å²) in [5.74, 6) is 0.239. The number of aliphatic hydroxyl groups is 1. The summed E-state index contributed by atoms with van der Waals surface area (Å²) in [7, 11) is 0. The van der Waals surface area contributed by atoms with E-state index in [-0.39, 0.29) is 12.5 Å². The second-order valence-electron chi connectivity index (χ2n) is 6.25.